The maximum Gasteiger partial charge on any atom is 0.323 e. The van der Waals surface area contributed by atoms with Crippen LogP contribution in [0.2, 0.25) is 0 Å². The van der Waals surface area contributed by atoms with Crippen LogP contribution in [0.1, 0.15) is 23.2 Å². The second-order valence-corrected chi connectivity index (χ2v) is 4.02. The fraction of sp³-hybridized carbons (Fsp3) is 0.364. The van der Waals surface area contributed by atoms with Gasteiger partial charge in [0, 0.05) is 12.2 Å². The number of aliphatic carboxylic acids is 1. The van der Waals surface area contributed by atoms with Crippen LogP contribution in [0.3, 0.4) is 0 Å². The van der Waals surface area contributed by atoms with Gasteiger partial charge in [0.2, 0.25) is 5.91 Å². The molecule has 0 radical (unpaired) electrons. The zero-order valence-corrected chi connectivity index (χ0v) is 9.17. The summed E-state index contributed by atoms with van der Waals surface area (Å²) >= 11 is 0. The second kappa shape index (κ2) is 4.40. The molecule has 1 saturated carbocycles. The van der Waals surface area contributed by atoms with Crippen molar-refractivity contribution >= 4 is 17.7 Å². The van der Waals surface area contributed by atoms with E-state index in [4.69, 9.17) is 10.8 Å². The van der Waals surface area contributed by atoms with Crippen molar-refractivity contribution in [3.05, 3.63) is 23.9 Å². The van der Waals surface area contributed by atoms with Crippen LogP contribution in [-0.2, 0) is 4.79 Å². The molecule has 0 aromatic carbocycles. The van der Waals surface area contributed by atoms with E-state index in [0.29, 0.717) is 11.4 Å². The molecule has 90 valence electrons. The summed E-state index contributed by atoms with van der Waals surface area (Å²) in [5.74, 6) is -0.863. The number of anilines is 1. The average molecular weight is 235 g/mol. The highest BCUT2D eigenvalue weighted by molar-refractivity contribution is 5.92. The molecule has 1 aromatic rings. The maximum absolute atomic E-state index is 10.9. The second-order valence-electron chi connectivity index (χ2n) is 4.02. The summed E-state index contributed by atoms with van der Waals surface area (Å²) in [7, 11) is 0. The van der Waals surface area contributed by atoms with E-state index in [1.807, 2.05) is 0 Å². The third-order valence-electron chi connectivity index (χ3n) is 2.62. The molecule has 3 N–H and O–H groups in total. The van der Waals surface area contributed by atoms with Crippen molar-refractivity contribution in [1.82, 2.24) is 4.98 Å². The Morgan fingerprint density at radius 1 is 1.47 bits per heavy atom. The van der Waals surface area contributed by atoms with Crippen LogP contribution in [0.4, 0.5) is 5.82 Å². The Hall–Kier alpha value is -2.11. The molecule has 6 heteroatoms. The quantitative estimate of drug-likeness (QED) is 0.761. The molecule has 2 rings (SSSR count). The Kier molecular flexibility index (Phi) is 2.95. The first-order chi connectivity index (χ1) is 8.08. The summed E-state index contributed by atoms with van der Waals surface area (Å²) in [5.41, 5.74) is 5.43. The molecule has 1 amide bonds. The number of carboxylic acids is 1. The van der Waals surface area contributed by atoms with E-state index in [1.165, 1.54) is 6.20 Å². The van der Waals surface area contributed by atoms with Crippen molar-refractivity contribution in [1.29, 1.82) is 0 Å². The number of carbonyl (C=O) groups excluding carboxylic acids is 1. The zero-order chi connectivity index (χ0) is 12.4. The summed E-state index contributed by atoms with van der Waals surface area (Å²) in [6, 6.07) is 3.43. The monoisotopic (exact) mass is 235 g/mol. The molecule has 1 fully saturated rings. The predicted octanol–water partition coefficient (Wildman–Crippen LogP) is 0.234. The Labute approximate surface area is 98.1 Å². The highest BCUT2D eigenvalue weighted by atomic mass is 16.4. The van der Waals surface area contributed by atoms with Gasteiger partial charge in [-0.2, -0.15) is 0 Å². The molecule has 0 bridgehead atoms. The van der Waals surface area contributed by atoms with E-state index in [0.717, 1.165) is 12.8 Å². The van der Waals surface area contributed by atoms with Crippen molar-refractivity contribution in [2.45, 2.75) is 18.9 Å². The summed E-state index contributed by atoms with van der Waals surface area (Å²) in [6.45, 7) is -0.0758. The Bertz CT molecular complexity index is 440. The van der Waals surface area contributed by atoms with E-state index in [9.17, 15) is 9.59 Å². The molecular weight excluding hydrogens is 222 g/mol. The third-order valence-corrected chi connectivity index (χ3v) is 2.62. The number of hydrogen-bond acceptors (Lipinski definition) is 4. The van der Waals surface area contributed by atoms with Crippen LogP contribution in [0.5, 0.6) is 0 Å². The third kappa shape index (κ3) is 2.72. The van der Waals surface area contributed by atoms with E-state index in [2.05, 4.69) is 4.98 Å². The molecule has 0 spiro atoms. The number of aromatic nitrogens is 1. The van der Waals surface area contributed by atoms with Crippen molar-refractivity contribution in [3.8, 4) is 0 Å². The standard InChI is InChI=1S/C11H13N3O3/c12-11(17)7-1-4-9(13-5-7)14(6-10(15)16)8-2-3-8/h1,4-5,8H,2-3,6H2,(H2,12,17)(H,15,16). The summed E-state index contributed by atoms with van der Waals surface area (Å²) in [6.07, 6.45) is 3.33. The Balaban J connectivity index is 2.18. The zero-order valence-electron chi connectivity index (χ0n) is 9.17. The molecule has 0 atom stereocenters. The maximum atomic E-state index is 10.9. The molecule has 0 saturated heterocycles. The van der Waals surface area contributed by atoms with Gasteiger partial charge in [-0.3, -0.25) is 9.59 Å². The molecule has 0 aliphatic heterocycles. The predicted molar refractivity (Wildman–Crippen MR) is 60.8 cm³/mol. The first-order valence-corrected chi connectivity index (χ1v) is 5.32. The van der Waals surface area contributed by atoms with Crippen molar-refractivity contribution in [3.63, 3.8) is 0 Å². The minimum Gasteiger partial charge on any atom is -0.480 e. The topological polar surface area (TPSA) is 96.5 Å². The highest BCUT2D eigenvalue weighted by Crippen LogP contribution is 2.30. The fourth-order valence-corrected chi connectivity index (χ4v) is 1.63. The van der Waals surface area contributed by atoms with Crippen LogP contribution >= 0.6 is 0 Å². The molecule has 1 aliphatic rings. The van der Waals surface area contributed by atoms with Gasteiger partial charge in [0.05, 0.1) is 5.56 Å². The lowest BCUT2D eigenvalue weighted by Gasteiger charge is -2.21. The van der Waals surface area contributed by atoms with Gasteiger partial charge in [0.15, 0.2) is 0 Å². The lowest BCUT2D eigenvalue weighted by Crippen LogP contribution is -2.32. The summed E-state index contributed by atoms with van der Waals surface area (Å²) in [4.78, 5) is 27.4. The van der Waals surface area contributed by atoms with Crippen LogP contribution in [0.25, 0.3) is 0 Å². The lowest BCUT2D eigenvalue weighted by atomic mass is 10.2. The van der Waals surface area contributed by atoms with E-state index >= 15 is 0 Å². The van der Waals surface area contributed by atoms with Crippen molar-refractivity contribution in [2.24, 2.45) is 5.73 Å². The van der Waals surface area contributed by atoms with Crippen LogP contribution in [0, 0.1) is 0 Å². The first kappa shape index (κ1) is 11.4. The number of carbonyl (C=O) groups is 2. The molecular formula is C11H13N3O3. The average Bonchev–Trinajstić information content (AvgIpc) is 3.09. The Morgan fingerprint density at radius 3 is 2.59 bits per heavy atom. The van der Waals surface area contributed by atoms with Gasteiger partial charge in [-0.25, -0.2) is 4.98 Å². The van der Waals surface area contributed by atoms with Gasteiger partial charge in [-0.05, 0) is 25.0 Å². The number of rotatable bonds is 5. The SMILES string of the molecule is NC(=O)c1ccc(N(CC(=O)O)C2CC2)nc1. The Morgan fingerprint density at radius 2 is 2.18 bits per heavy atom. The number of primary amides is 1. The molecule has 6 nitrogen and oxygen atoms in total. The number of hydrogen-bond donors (Lipinski definition) is 2. The van der Waals surface area contributed by atoms with Crippen LogP contribution < -0.4 is 10.6 Å². The fourth-order valence-electron chi connectivity index (χ4n) is 1.63. The summed E-state index contributed by atoms with van der Waals surface area (Å²) < 4.78 is 0. The van der Waals surface area contributed by atoms with Gasteiger partial charge in [-0.15, -0.1) is 0 Å². The van der Waals surface area contributed by atoms with Crippen molar-refractivity contribution in [2.75, 3.05) is 11.4 Å². The number of nitrogens with zero attached hydrogens (tertiary/aromatic N) is 2. The van der Waals surface area contributed by atoms with E-state index in [-0.39, 0.29) is 12.6 Å². The first-order valence-electron chi connectivity index (χ1n) is 5.32. The lowest BCUT2D eigenvalue weighted by molar-refractivity contribution is -0.135. The minimum atomic E-state index is -0.891. The number of nitrogens with two attached hydrogens (primary N) is 1. The normalized spacial score (nSPS) is 14.4. The number of carboxylic acid groups (broad SMARTS) is 1. The molecule has 1 aromatic heterocycles. The van der Waals surface area contributed by atoms with Crippen molar-refractivity contribution < 1.29 is 14.7 Å². The summed E-state index contributed by atoms with van der Waals surface area (Å²) in [5, 5.41) is 8.82. The highest BCUT2D eigenvalue weighted by Gasteiger charge is 2.31. The van der Waals surface area contributed by atoms with Gasteiger partial charge < -0.3 is 15.7 Å². The van der Waals surface area contributed by atoms with Crippen LogP contribution in [-0.4, -0.2) is 34.6 Å². The molecule has 1 heterocycles. The minimum absolute atomic E-state index is 0.0758. The van der Waals surface area contributed by atoms with E-state index < -0.39 is 11.9 Å². The molecule has 17 heavy (non-hydrogen) atoms. The molecule has 0 unspecified atom stereocenters. The van der Waals surface area contributed by atoms with Gasteiger partial charge >= 0.3 is 5.97 Å². The van der Waals surface area contributed by atoms with Crippen LogP contribution in [0.15, 0.2) is 18.3 Å². The largest absolute Gasteiger partial charge is 0.480 e. The molecule has 1 aliphatic carbocycles. The van der Waals surface area contributed by atoms with Gasteiger partial charge in [-0.1, -0.05) is 0 Å². The number of amides is 1. The van der Waals surface area contributed by atoms with E-state index in [1.54, 1.807) is 17.0 Å². The van der Waals surface area contributed by atoms with Gasteiger partial charge in [0.1, 0.15) is 12.4 Å². The smallest absolute Gasteiger partial charge is 0.323 e. The number of pyridine rings is 1. The van der Waals surface area contributed by atoms with Gasteiger partial charge in [0.25, 0.3) is 0 Å².